The Morgan fingerprint density at radius 2 is 1.01 bits per heavy atom. The van der Waals surface area contributed by atoms with Crippen LogP contribution in [-0.2, 0) is 41.2 Å². The van der Waals surface area contributed by atoms with Crippen LogP contribution in [0.15, 0.2) is 109 Å². The maximum Gasteiger partial charge on any atom is 0.269 e. The number of carbonyl (C=O) groups is 4. The largest absolute Gasteiger partial charge is 0.351 e. The van der Waals surface area contributed by atoms with Crippen LogP contribution in [0.5, 0.6) is 0 Å². The average Bonchev–Trinajstić information content (AvgIpc) is 2.47. The minimum atomic E-state index is -4.44. The second-order valence-corrected chi connectivity index (χ2v) is 26.3. The number of allylic oxidation sites excluding steroid dienone is 4. The Balaban J connectivity index is 1.27. The summed E-state index contributed by atoms with van der Waals surface area (Å²) in [7, 11) is -13.2. The van der Waals surface area contributed by atoms with Crippen molar-refractivity contribution in [2.45, 2.75) is 84.5 Å². The van der Waals surface area contributed by atoms with Gasteiger partial charge in [-0.25, -0.2) is 9.97 Å². The molecule has 3 heterocycles. The Morgan fingerprint density at radius 1 is 0.578 bits per heavy atom. The van der Waals surface area contributed by atoms with Gasteiger partial charge in [0.2, 0.25) is 5.69 Å². The van der Waals surface area contributed by atoms with Gasteiger partial charge in [-0.3, -0.25) is 32.8 Å². The Kier molecular flexibility index (Phi) is 18.1. The normalized spacial score (nSPS) is 16.1. The molecule has 0 saturated heterocycles. The van der Waals surface area contributed by atoms with Crippen molar-refractivity contribution >= 4 is 86.9 Å². The minimum absolute atomic E-state index is 0.0728. The molecule has 2 aromatic heterocycles. The zero-order chi connectivity index (χ0) is 60.4. The summed E-state index contributed by atoms with van der Waals surface area (Å²) in [5.41, 5.74) is 6.27. The highest BCUT2D eigenvalue weighted by Crippen LogP contribution is 2.56. The molecule has 6 aromatic rings. The highest BCUT2D eigenvalue weighted by Gasteiger charge is 2.47. The fraction of sp³-hybridized carbons (Fsp3) is 0.350. The van der Waals surface area contributed by atoms with Gasteiger partial charge in [0, 0.05) is 55.6 Å². The van der Waals surface area contributed by atoms with E-state index in [1.54, 1.807) is 26.0 Å². The summed E-state index contributed by atoms with van der Waals surface area (Å²) in [6, 6.07) is 25.9. The first-order valence-corrected chi connectivity index (χ1v) is 32.1. The Hall–Kier alpha value is -7.54. The van der Waals surface area contributed by atoms with Crippen molar-refractivity contribution in [2.75, 3.05) is 50.0 Å². The molecule has 8 rings (SSSR count). The van der Waals surface area contributed by atoms with E-state index in [4.69, 9.17) is 0 Å². The number of hydrogen-bond acceptors (Lipinski definition) is 12. The van der Waals surface area contributed by atoms with E-state index in [9.17, 15) is 58.1 Å². The number of carbonyl (C=O) groups excluding carboxylic acids is 4. The topological polar surface area (TPSA) is 308 Å². The molecule has 438 valence electrons. The lowest BCUT2D eigenvalue weighted by molar-refractivity contribution is -0.435. The molecule has 0 radical (unpaired) electrons. The molecule has 0 bridgehead atoms. The third kappa shape index (κ3) is 13.5. The number of rotatable bonds is 22. The smallest absolute Gasteiger partial charge is 0.269 e. The Morgan fingerprint density at radius 3 is 1.47 bits per heavy atom. The van der Waals surface area contributed by atoms with Gasteiger partial charge in [-0.1, -0.05) is 87.4 Å². The molecular formula is C60H68N7O13S3+. The second-order valence-electron chi connectivity index (χ2n) is 21.6. The van der Waals surface area contributed by atoms with E-state index in [-0.39, 0.29) is 41.7 Å². The van der Waals surface area contributed by atoms with E-state index in [1.807, 2.05) is 66.7 Å². The average molecular weight is 1190 g/mol. The molecule has 83 heavy (non-hydrogen) atoms. The van der Waals surface area contributed by atoms with Crippen LogP contribution in [0.3, 0.4) is 0 Å². The molecule has 23 heteroatoms. The van der Waals surface area contributed by atoms with Crippen molar-refractivity contribution in [3.05, 3.63) is 148 Å². The van der Waals surface area contributed by atoms with Crippen LogP contribution in [0.2, 0.25) is 0 Å². The molecule has 4 aromatic carbocycles. The third-order valence-electron chi connectivity index (χ3n) is 15.2. The van der Waals surface area contributed by atoms with Gasteiger partial charge >= 0.3 is 0 Å². The van der Waals surface area contributed by atoms with Gasteiger partial charge in [-0.2, -0.15) is 29.8 Å². The van der Waals surface area contributed by atoms with Crippen molar-refractivity contribution < 1.29 is 62.7 Å². The van der Waals surface area contributed by atoms with Crippen molar-refractivity contribution in [2.24, 2.45) is 0 Å². The molecule has 0 fully saturated rings. The van der Waals surface area contributed by atoms with Gasteiger partial charge in [0.1, 0.15) is 29.3 Å². The number of hydrogen-bond donors (Lipinski definition) is 7. The van der Waals surface area contributed by atoms with Crippen LogP contribution < -0.4 is 21.3 Å². The molecule has 2 aliphatic rings. The summed E-state index contributed by atoms with van der Waals surface area (Å²) in [6.07, 6.45) is 7.85. The van der Waals surface area contributed by atoms with Gasteiger partial charge in [0.25, 0.3) is 54.0 Å². The summed E-state index contributed by atoms with van der Waals surface area (Å²) in [4.78, 5) is 62.7. The fourth-order valence-corrected chi connectivity index (χ4v) is 12.7. The number of amides is 4. The first kappa shape index (κ1) is 61.5. The maximum atomic E-state index is 13.6. The standard InChI is InChI=1S/C60H67N7O13S3/c1-8-17-42-45(59(4,5)46-34-43(38-18-11-13-20-40(38)53(42)46)36-32-50(57(70)63-24-28-82(75,76)77)66-51(33-36)58(71)64-25-29-83(78,79)80)22-15-23-52-60(6,7)47-35-44(37-30-48(55(68)61-9-2)65-49(31-37)56(69)62-10-3)39-19-12-14-21-41(39)54(47)67(52)26-16-27-81(72,73)74/h11-15,18-23,30-35,42H,8-10,16-17,24-29H2,1-7H3,(H6-,61,62,63,64,68,69,70,71,72,73,74,75,76,77,78,79,80)/p+1/b23-15+,45-22-. The predicted molar refractivity (Wildman–Crippen MR) is 320 cm³/mol. The monoisotopic (exact) mass is 1190 g/mol. The van der Waals surface area contributed by atoms with Crippen LogP contribution in [0, 0.1) is 0 Å². The van der Waals surface area contributed by atoms with E-state index in [2.05, 4.69) is 82.6 Å². The van der Waals surface area contributed by atoms with Crippen molar-refractivity contribution in [1.82, 2.24) is 31.2 Å². The summed E-state index contributed by atoms with van der Waals surface area (Å²) in [5.74, 6) is -4.71. The number of pyridine rings is 2. The minimum Gasteiger partial charge on any atom is -0.351 e. The molecule has 0 saturated carbocycles. The molecule has 4 amide bonds. The van der Waals surface area contributed by atoms with E-state index >= 15 is 0 Å². The van der Waals surface area contributed by atoms with Crippen LogP contribution in [-0.4, -0.2) is 133 Å². The number of aromatic nitrogens is 2. The summed E-state index contributed by atoms with van der Waals surface area (Å²) in [5, 5.41) is 13.8. The SMILES string of the molecule is CCCC1/C(=C/C=C/C2=[N+](CCCS(=O)(=O)O)c3c(cc(-c4cc(C(=O)NCC)nc(C(=O)NCC)c4)c4ccccc34)C2(C)C)C(C)(C)c2cc(-c3cc(C(=O)NCCS(=O)(=O)O)nc(C(=O)NCCS(=O)(=O)O)c3)c3ccccc3c21. The first-order valence-electron chi connectivity index (χ1n) is 27.3. The zero-order valence-corrected chi connectivity index (χ0v) is 49.6. The summed E-state index contributed by atoms with van der Waals surface area (Å²) in [6.45, 7) is 14.1. The third-order valence-corrected chi connectivity index (χ3v) is 17.4. The fourth-order valence-electron chi connectivity index (χ4n) is 11.4. The molecular weight excluding hydrogens is 1120 g/mol. The van der Waals surface area contributed by atoms with Crippen LogP contribution >= 0.6 is 0 Å². The van der Waals surface area contributed by atoms with E-state index in [0.717, 1.165) is 73.6 Å². The molecule has 1 aliphatic carbocycles. The van der Waals surface area contributed by atoms with E-state index in [1.165, 1.54) is 12.1 Å². The molecule has 1 unspecified atom stereocenters. The lowest BCUT2D eigenvalue weighted by atomic mass is 9.78. The van der Waals surface area contributed by atoms with Crippen LogP contribution in [0.4, 0.5) is 5.69 Å². The zero-order valence-electron chi connectivity index (χ0n) is 47.2. The van der Waals surface area contributed by atoms with Crippen molar-refractivity contribution in [1.29, 1.82) is 0 Å². The molecule has 7 N–H and O–H groups in total. The predicted octanol–water partition coefficient (Wildman–Crippen LogP) is 7.86. The van der Waals surface area contributed by atoms with Gasteiger partial charge in [0.05, 0.1) is 28.1 Å². The quantitative estimate of drug-likeness (QED) is 0.0251. The number of nitrogens with one attached hydrogen (secondary N) is 4. The highest BCUT2D eigenvalue weighted by atomic mass is 32.2. The lowest BCUT2D eigenvalue weighted by Crippen LogP contribution is -2.32. The van der Waals surface area contributed by atoms with Crippen LogP contribution in [0.1, 0.15) is 132 Å². The van der Waals surface area contributed by atoms with Crippen molar-refractivity contribution in [3.63, 3.8) is 0 Å². The number of nitrogens with zero attached hydrogens (tertiary/aromatic N) is 3. The van der Waals surface area contributed by atoms with Gasteiger partial charge in [-0.15, -0.1) is 0 Å². The molecule has 20 nitrogen and oxygen atoms in total. The van der Waals surface area contributed by atoms with E-state index in [0.29, 0.717) is 29.8 Å². The maximum absolute atomic E-state index is 13.6. The number of benzene rings is 4. The lowest BCUT2D eigenvalue weighted by Gasteiger charge is -2.24. The van der Waals surface area contributed by atoms with Crippen LogP contribution in [0.25, 0.3) is 43.8 Å². The Labute approximate surface area is 483 Å². The molecule has 1 aliphatic heterocycles. The van der Waals surface area contributed by atoms with E-state index < -0.39 is 95.2 Å². The summed E-state index contributed by atoms with van der Waals surface area (Å²) < 4.78 is 101. The molecule has 0 spiro atoms. The summed E-state index contributed by atoms with van der Waals surface area (Å²) >= 11 is 0. The number of fused-ring (bicyclic) bond motifs is 6. The van der Waals surface area contributed by atoms with Gasteiger partial charge in [0.15, 0.2) is 5.71 Å². The Bertz CT molecular complexity index is 3970. The van der Waals surface area contributed by atoms with Crippen molar-refractivity contribution in [3.8, 4) is 22.3 Å². The van der Waals surface area contributed by atoms with Gasteiger partial charge < -0.3 is 21.3 Å². The highest BCUT2D eigenvalue weighted by molar-refractivity contribution is 7.86. The first-order chi connectivity index (χ1) is 39.1. The second kappa shape index (κ2) is 24.3. The molecule has 1 atom stereocenters. The van der Waals surface area contributed by atoms with Gasteiger partial charge in [-0.05, 0) is 126 Å².